The fourth-order valence-corrected chi connectivity index (χ4v) is 18.1. The summed E-state index contributed by atoms with van der Waals surface area (Å²) < 4.78 is 21.2. The number of carboxylic acid groups (broad SMARTS) is 2. The molecular formula is C77H89N11O17S. The molecule has 4 bridgehead atoms. The van der Waals surface area contributed by atoms with Gasteiger partial charge in [0.1, 0.15) is 48.9 Å². The van der Waals surface area contributed by atoms with Gasteiger partial charge in [-0.1, -0.05) is 87.6 Å². The highest BCUT2D eigenvalue weighted by Gasteiger charge is 2.66. The number of imide groups is 1. The summed E-state index contributed by atoms with van der Waals surface area (Å²) in [4.78, 5) is 131. The highest BCUT2D eigenvalue weighted by atomic mass is 32.1. The molecule has 9 N–H and O–H groups in total. The van der Waals surface area contributed by atoms with Crippen molar-refractivity contribution in [2.24, 2.45) is 22.2 Å². The zero-order chi connectivity index (χ0) is 75.7. The summed E-state index contributed by atoms with van der Waals surface area (Å²) in [6, 6.07) is 19.3. The number of aliphatic hydroxyl groups is 3. The lowest BCUT2D eigenvalue weighted by molar-refractivity contribution is -0.248. The van der Waals surface area contributed by atoms with Gasteiger partial charge in [0.25, 0.3) is 17.7 Å². The molecule has 2 unspecified atom stereocenters. The lowest BCUT2D eigenvalue weighted by atomic mass is 9.39. The van der Waals surface area contributed by atoms with E-state index in [9.17, 15) is 68.7 Å². The molecule has 29 heteroatoms. The van der Waals surface area contributed by atoms with E-state index in [0.29, 0.717) is 78.5 Å². The number of pyridine rings is 1. The van der Waals surface area contributed by atoms with E-state index in [1.807, 2.05) is 59.0 Å². The van der Waals surface area contributed by atoms with Crippen LogP contribution in [0.4, 0.5) is 21.4 Å². The molecule has 4 aliphatic carbocycles. The number of benzene rings is 3. The number of anilines is 3. The summed E-state index contributed by atoms with van der Waals surface area (Å²) in [5.41, 5.74) is 4.63. The SMILES string of the molecule is Cc1c(-c2ccc(N3CCc4cccc(C(=O)Nc5nc6ccccc6s5)c4C3)nc2C(=O)O)cnn1CC12CC3(C)CC(C)(C1)CC(OCCN(C)C(=O)OCc1ccc(NC(=O)[C@H](C)NC(=O)[C@@H](NC(=O)CCCCCN4C(=O)C=CC4=O)C(C)C)cc1C#C[C@@H]1O[C@H](C(=O)O)[C@@H](O)[C@H](O)[C@H]1O)(C3)C2. The number of rotatable bonds is 26. The smallest absolute Gasteiger partial charge is 0.409 e. The van der Waals surface area contributed by atoms with Crippen LogP contribution in [0, 0.1) is 40.9 Å². The maximum Gasteiger partial charge on any atom is 0.409 e. The molecule has 6 heterocycles. The van der Waals surface area contributed by atoms with E-state index >= 15 is 0 Å². The van der Waals surface area contributed by atoms with Crippen molar-refractivity contribution in [3.8, 4) is 23.0 Å². The Balaban J connectivity index is 0.674. The summed E-state index contributed by atoms with van der Waals surface area (Å²) in [7, 11) is 1.58. The molecule has 3 aromatic heterocycles. The van der Waals surface area contributed by atoms with E-state index in [2.05, 4.69) is 51.9 Å². The molecule has 106 heavy (non-hydrogen) atoms. The molecule has 560 valence electrons. The maximum atomic E-state index is 13.9. The largest absolute Gasteiger partial charge is 0.479 e. The number of thiazole rings is 1. The lowest BCUT2D eigenvalue weighted by Gasteiger charge is -2.69. The van der Waals surface area contributed by atoms with Crippen molar-refractivity contribution in [3.63, 3.8) is 0 Å². The number of aromatic carboxylic acids is 1. The summed E-state index contributed by atoms with van der Waals surface area (Å²) in [5.74, 6) is -0.00974. The van der Waals surface area contributed by atoms with Crippen molar-refractivity contribution < 1.29 is 82.9 Å². The molecule has 6 aromatic rings. The van der Waals surface area contributed by atoms with Gasteiger partial charge in [0, 0.05) is 97.5 Å². The zero-order valence-corrected chi connectivity index (χ0v) is 61.0. The number of aromatic nitrogens is 4. The van der Waals surface area contributed by atoms with Crippen LogP contribution in [0.25, 0.3) is 21.3 Å². The number of hydrogen-bond donors (Lipinski definition) is 9. The van der Waals surface area contributed by atoms with Gasteiger partial charge in [-0.15, -0.1) is 0 Å². The van der Waals surface area contributed by atoms with Crippen LogP contribution in [-0.4, -0.2) is 190 Å². The van der Waals surface area contributed by atoms with Crippen molar-refractivity contribution in [1.82, 2.24) is 40.2 Å². The molecule has 5 fully saturated rings. The van der Waals surface area contributed by atoms with Gasteiger partial charge in [0.05, 0.1) is 28.6 Å². The van der Waals surface area contributed by atoms with Crippen LogP contribution in [0.3, 0.4) is 0 Å². The Kier molecular flexibility index (Phi) is 22.0. The molecule has 1 saturated heterocycles. The number of aliphatic carboxylic acids is 1. The fourth-order valence-electron chi connectivity index (χ4n) is 17.2. The number of carbonyl (C=O) groups is 9. The summed E-state index contributed by atoms with van der Waals surface area (Å²) >= 11 is 1.40. The summed E-state index contributed by atoms with van der Waals surface area (Å²) in [6.45, 7) is 13.2. The van der Waals surface area contributed by atoms with Gasteiger partial charge < -0.3 is 65.5 Å². The van der Waals surface area contributed by atoms with Crippen LogP contribution in [0.5, 0.6) is 0 Å². The molecule has 0 radical (unpaired) electrons. The van der Waals surface area contributed by atoms with E-state index in [1.165, 1.54) is 53.5 Å². The first kappa shape index (κ1) is 75.7. The number of carboxylic acids is 2. The van der Waals surface area contributed by atoms with Gasteiger partial charge in [-0.3, -0.25) is 43.7 Å². The van der Waals surface area contributed by atoms with Crippen molar-refractivity contribution in [2.45, 2.75) is 180 Å². The molecule has 7 amide bonds. The monoisotopic (exact) mass is 1470 g/mol. The number of para-hydroxylation sites is 1. The maximum absolute atomic E-state index is 13.9. The minimum atomic E-state index is -1.97. The number of aliphatic hydroxyl groups excluding tert-OH is 3. The highest BCUT2D eigenvalue weighted by Crippen LogP contribution is 2.72. The third-order valence-electron chi connectivity index (χ3n) is 21.3. The van der Waals surface area contributed by atoms with E-state index in [4.69, 9.17) is 24.3 Å². The van der Waals surface area contributed by atoms with Crippen molar-refractivity contribution in [3.05, 3.63) is 130 Å². The molecule has 7 aliphatic rings. The van der Waals surface area contributed by atoms with Gasteiger partial charge in [-0.25, -0.2) is 24.4 Å². The van der Waals surface area contributed by atoms with Crippen molar-refractivity contribution in [2.75, 3.05) is 48.8 Å². The third-order valence-corrected chi connectivity index (χ3v) is 22.2. The first-order chi connectivity index (χ1) is 50.4. The number of fused-ring (bicyclic) bond motifs is 2. The van der Waals surface area contributed by atoms with Crippen molar-refractivity contribution in [1.29, 1.82) is 0 Å². The fraction of sp³-hybridized carbons (Fsp3) is 0.481. The van der Waals surface area contributed by atoms with Gasteiger partial charge in [0.15, 0.2) is 16.9 Å². The van der Waals surface area contributed by atoms with Crippen molar-refractivity contribution >= 4 is 91.7 Å². The molecule has 13 rings (SSSR count). The number of amides is 7. The average Bonchev–Trinajstić information content (AvgIpc) is 0.697. The number of likely N-dealkylation sites (N-methyl/N-ethyl adjacent to an activating group) is 1. The number of hydrogen-bond acceptors (Lipinski definition) is 20. The Labute approximate surface area is 616 Å². The van der Waals surface area contributed by atoms with E-state index in [0.717, 1.165) is 70.5 Å². The normalized spacial score (nSPS) is 24.8. The predicted octanol–water partition coefficient (Wildman–Crippen LogP) is 7.14. The number of carbonyl (C=O) groups excluding carboxylic acids is 7. The molecule has 28 nitrogen and oxygen atoms in total. The van der Waals surface area contributed by atoms with Crippen LogP contribution in [0.15, 0.2) is 91.1 Å². The number of ether oxygens (including phenoxy) is 3. The van der Waals surface area contributed by atoms with Gasteiger partial charge in [0.2, 0.25) is 17.7 Å². The molecular weight excluding hydrogens is 1380 g/mol. The number of unbranched alkanes of at least 4 members (excludes halogenated alkanes) is 2. The van der Waals surface area contributed by atoms with Crippen LogP contribution >= 0.6 is 11.3 Å². The van der Waals surface area contributed by atoms with Crippen LogP contribution < -0.4 is 26.2 Å². The summed E-state index contributed by atoms with van der Waals surface area (Å²) in [6.07, 6.45) is 1.54. The van der Waals surface area contributed by atoms with Crippen LogP contribution in [0.2, 0.25) is 0 Å². The topological polar surface area (TPSA) is 384 Å². The minimum absolute atomic E-state index is 0.0691. The quantitative estimate of drug-likeness (QED) is 0.0148. The molecule has 3 aromatic carbocycles. The van der Waals surface area contributed by atoms with Gasteiger partial charge in [-0.2, -0.15) is 5.10 Å². The Morgan fingerprint density at radius 1 is 0.811 bits per heavy atom. The second-order valence-corrected chi connectivity index (χ2v) is 31.4. The molecule has 3 aliphatic heterocycles. The Morgan fingerprint density at radius 3 is 2.27 bits per heavy atom. The third kappa shape index (κ3) is 16.5. The zero-order valence-electron chi connectivity index (χ0n) is 60.2. The molecule has 9 atom stereocenters. The standard InChI is InChI=1S/C77H89N11O17S/c1-43(2)61(83-58(89)18-9-8-12-28-87-59(90)25-26-60(87)91)69(97)79-44(3)67(95)80-49-21-19-48(47(32-49)20-23-55-63(92)64(93)65(94)66(105-55)71(100)101)35-103-73(102)85(7)30-31-104-77-39-74(5)36-75(6,40-77)38-76(37-74,41-77)42-88-45(4)52(33-78-88)50-22-24-57(82-62(50)70(98)99)86-29-27-46-14-13-15-51(53(46)34-86)68(96)84-72-81-54-16-10-11-17-56(54)106-72/h10-11,13-17,19,21-22,24-26,32-33,43-44,55,61,63-66,92-94H,8-9,12,18,27-31,34-42H2,1-7H3,(H,79,97)(H,80,95)(H,83,89)(H,98,99)(H,100,101)(H,81,84,96)/t44-,55-,61-,63-,64+,65-,66-,74?,75?,76?,77?/m0/s1. The second-order valence-electron chi connectivity index (χ2n) is 30.3. The van der Waals surface area contributed by atoms with E-state index < -0.39 is 84.0 Å². The number of nitrogens with zero attached hydrogens (tertiary/aromatic N) is 7. The predicted molar refractivity (Wildman–Crippen MR) is 389 cm³/mol. The lowest BCUT2D eigenvalue weighted by Crippen LogP contribution is -2.64. The average molecular weight is 1470 g/mol. The van der Waals surface area contributed by atoms with Gasteiger partial charge in [-0.05, 0) is 147 Å². The number of nitrogens with one attached hydrogen (secondary N) is 4. The van der Waals surface area contributed by atoms with Crippen LogP contribution in [0.1, 0.15) is 148 Å². The first-order valence-electron chi connectivity index (χ1n) is 35.7. The molecule has 0 spiro atoms. The highest BCUT2D eigenvalue weighted by molar-refractivity contribution is 7.22. The minimum Gasteiger partial charge on any atom is -0.479 e. The van der Waals surface area contributed by atoms with E-state index in [1.54, 1.807) is 39.2 Å². The van der Waals surface area contributed by atoms with Crippen LogP contribution in [-0.2, 0) is 69.1 Å². The Hall–Kier alpha value is -9.96. The van der Waals surface area contributed by atoms with Gasteiger partial charge >= 0.3 is 18.0 Å². The first-order valence-corrected chi connectivity index (χ1v) is 36.6. The Bertz CT molecular complexity index is 4490. The molecule has 4 saturated carbocycles. The second kappa shape index (κ2) is 30.9. The van der Waals surface area contributed by atoms with E-state index in [-0.39, 0.29) is 89.6 Å². The summed E-state index contributed by atoms with van der Waals surface area (Å²) in [5, 5.41) is 68.8. The Morgan fingerprint density at radius 2 is 1.56 bits per heavy atom.